The van der Waals surface area contributed by atoms with E-state index in [1.807, 2.05) is 30.3 Å². The van der Waals surface area contributed by atoms with Gasteiger partial charge < -0.3 is 19.9 Å². The summed E-state index contributed by atoms with van der Waals surface area (Å²) in [6, 6.07) is 10.2. The van der Waals surface area contributed by atoms with E-state index in [4.69, 9.17) is 18.5 Å². The molecule has 2 heterocycles. The number of carbonyl (C=O) groups excluding carboxylic acids is 2. The molecule has 2 unspecified atom stereocenters. The summed E-state index contributed by atoms with van der Waals surface area (Å²) in [6.07, 6.45) is 2.65. The third-order valence-corrected chi connectivity index (χ3v) is 12.5. The molecule has 4 N–H and O–H groups in total. The van der Waals surface area contributed by atoms with E-state index >= 15 is 0 Å². The second-order valence-electron chi connectivity index (χ2n) is 14.1. The zero-order valence-corrected chi connectivity index (χ0v) is 30.3. The molecule has 1 aromatic heterocycles. The van der Waals surface area contributed by atoms with E-state index in [0.29, 0.717) is 25.7 Å². The lowest BCUT2D eigenvalue weighted by Gasteiger charge is -2.48. The van der Waals surface area contributed by atoms with Crippen LogP contribution in [0.15, 0.2) is 52.2 Å². The molecule has 3 fully saturated rings. The zero-order chi connectivity index (χ0) is 35.7. The van der Waals surface area contributed by atoms with E-state index in [-0.39, 0.29) is 55.2 Å². The zero-order valence-electron chi connectivity index (χ0n) is 28.6. The molecule has 1 saturated heterocycles. The molecule has 1 spiro atoms. The first kappa shape index (κ1) is 37.5. The first-order valence-electron chi connectivity index (χ1n) is 16.6. The molecule has 270 valence electrons. The SMILES string of the molecule is CC(C)OC(=O)NCCC(C)(C)C(=O)SCCO[P@@](=O)(NCc1ccccc1)OCC1(C)OC2(C[C@H]2n2ccc(=O)[nH]c2=O)[C@H]2CC[C@]21O. The fourth-order valence-electron chi connectivity index (χ4n) is 6.75. The molecular weight excluding hydrogens is 675 g/mol. The number of thioether (sulfide) groups is 1. The number of nitrogens with one attached hydrogen (secondary N) is 3. The van der Waals surface area contributed by atoms with E-state index in [1.165, 1.54) is 16.8 Å². The predicted octanol–water partition coefficient (Wildman–Crippen LogP) is 3.89. The van der Waals surface area contributed by atoms with Gasteiger partial charge >= 0.3 is 19.5 Å². The first-order chi connectivity index (χ1) is 23.0. The van der Waals surface area contributed by atoms with Crippen molar-refractivity contribution in [1.29, 1.82) is 0 Å². The Morgan fingerprint density at radius 1 is 1.20 bits per heavy atom. The van der Waals surface area contributed by atoms with E-state index in [9.17, 15) is 28.8 Å². The van der Waals surface area contributed by atoms with Crippen LogP contribution in [0.2, 0.25) is 0 Å². The summed E-state index contributed by atoms with van der Waals surface area (Å²) in [5.74, 6) is -0.0824. The predicted molar refractivity (Wildman–Crippen MR) is 183 cm³/mol. The summed E-state index contributed by atoms with van der Waals surface area (Å²) in [5.41, 5.74) is -4.33. The molecule has 2 saturated carbocycles. The van der Waals surface area contributed by atoms with Crippen LogP contribution < -0.4 is 21.7 Å². The molecular formula is C33H47N4O10PS. The van der Waals surface area contributed by atoms with Crippen molar-refractivity contribution in [3.05, 3.63) is 69.0 Å². The third-order valence-electron chi connectivity index (χ3n) is 9.74. The minimum absolute atomic E-state index is 0.0733. The molecule has 3 aliphatic rings. The van der Waals surface area contributed by atoms with Gasteiger partial charge in [-0.05, 0) is 45.6 Å². The number of alkyl carbamates (subject to hydrolysis) is 1. The van der Waals surface area contributed by atoms with Crippen LogP contribution in [0.3, 0.4) is 0 Å². The quantitative estimate of drug-likeness (QED) is 0.145. The Kier molecular flexibility index (Phi) is 11.1. The second kappa shape index (κ2) is 14.5. The van der Waals surface area contributed by atoms with Crippen LogP contribution >= 0.6 is 19.5 Å². The molecule has 0 bridgehead atoms. The van der Waals surface area contributed by atoms with Crippen LogP contribution in [0.4, 0.5) is 4.79 Å². The molecule has 49 heavy (non-hydrogen) atoms. The number of ether oxygens (including phenoxy) is 2. The highest BCUT2D eigenvalue weighted by atomic mass is 32.2. The summed E-state index contributed by atoms with van der Waals surface area (Å²) < 4.78 is 39.1. The number of fused-ring (bicyclic) bond motifs is 2. The van der Waals surface area contributed by atoms with E-state index in [2.05, 4.69) is 15.4 Å². The first-order valence-corrected chi connectivity index (χ1v) is 19.1. The van der Waals surface area contributed by atoms with E-state index in [0.717, 1.165) is 17.3 Å². The summed E-state index contributed by atoms with van der Waals surface area (Å²) in [4.78, 5) is 51.2. The molecule has 2 aliphatic carbocycles. The summed E-state index contributed by atoms with van der Waals surface area (Å²) >= 11 is 1.04. The van der Waals surface area contributed by atoms with Crippen LogP contribution in [-0.4, -0.2) is 74.3 Å². The fraction of sp³-hybridized carbons (Fsp3) is 0.636. The van der Waals surface area contributed by atoms with Crippen LogP contribution in [0.25, 0.3) is 0 Å². The maximum Gasteiger partial charge on any atom is 0.407 e. The third kappa shape index (κ3) is 8.08. The van der Waals surface area contributed by atoms with Gasteiger partial charge in [-0.25, -0.2) is 19.2 Å². The van der Waals surface area contributed by atoms with E-state index < -0.39 is 47.3 Å². The van der Waals surface area contributed by atoms with Gasteiger partial charge in [0.15, 0.2) is 5.12 Å². The summed E-state index contributed by atoms with van der Waals surface area (Å²) in [5, 5.41) is 17.3. The number of hydrogen-bond acceptors (Lipinski definition) is 11. The van der Waals surface area contributed by atoms with Gasteiger partial charge in [-0.15, -0.1) is 0 Å². The van der Waals surface area contributed by atoms with Crippen LogP contribution in [0.1, 0.15) is 71.9 Å². The van der Waals surface area contributed by atoms with Crippen molar-refractivity contribution >= 4 is 30.7 Å². The molecule has 0 radical (unpaired) electrons. The fourth-order valence-corrected chi connectivity index (χ4v) is 9.10. The van der Waals surface area contributed by atoms with Gasteiger partial charge in [-0.2, -0.15) is 0 Å². The Bertz CT molecular complexity index is 1680. The van der Waals surface area contributed by atoms with Gasteiger partial charge in [-0.1, -0.05) is 55.9 Å². The summed E-state index contributed by atoms with van der Waals surface area (Å²) in [7, 11) is -4.00. The lowest BCUT2D eigenvalue weighted by Crippen LogP contribution is -2.60. The number of H-pyrrole nitrogens is 1. The second-order valence-corrected chi connectivity index (χ2v) is 17.0. The highest BCUT2D eigenvalue weighted by Gasteiger charge is 2.80. The smallest absolute Gasteiger partial charge is 0.407 e. The average Bonchev–Trinajstić information content (AvgIpc) is 3.69. The molecule has 1 aromatic carbocycles. The van der Waals surface area contributed by atoms with Gasteiger partial charge in [0.05, 0.1) is 31.0 Å². The minimum Gasteiger partial charge on any atom is -0.447 e. The number of aliphatic hydroxyl groups is 1. The summed E-state index contributed by atoms with van der Waals surface area (Å²) in [6.45, 7) is 8.91. The molecule has 2 aromatic rings. The Hall–Kier alpha value is -2.78. The van der Waals surface area contributed by atoms with Gasteiger partial charge in [0, 0.05) is 48.9 Å². The Labute approximate surface area is 289 Å². The standard InChI is InChI=1S/C33H47N4O10PS/c1-22(2)46-29(41)34-15-14-30(3,4)27(39)49-18-17-44-48(43,35-20-23-9-7-6-8-10-23)45-21-31(5)33(42)13-11-24(33)32(47-31)19-25(32)37-16-12-26(38)36-28(37)40/h6-10,12,16,22,24-25,42H,11,13-15,17-21H2,1-5H3,(H,34,41)(H,35,43)(H,36,38,40)/t24-,25-,31?,32?,33+,48+/m1/s1. The Balaban J connectivity index is 1.20. The van der Waals surface area contributed by atoms with Gasteiger partial charge in [0.1, 0.15) is 11.2 Å². The Morgan fingerprint density at radius 3 is 2.59 bits per heavy atom. The minimum atomic E-state index is -4.00. The molecule has 16 heteroatoms. The van der Waals surface area contributed by atoms with Crippen molar-refractivity contribution in [1.82, 2.24) is 20.0 Å². The topological polar surface area (TPSA) is 187 Å². The highest BCUT2D eigenvalue weighted by molar-refractivity contribution is 8.13. The lowest BCUT2D eigenvalue weighted by atomic mass is 9.61. The normalized spacial score (nSPS) is 28.5. The van der Waals surface area contributed by atoms with Crippen molar-refractivity contribution in [3.8, 4) is 0 Å². The van der Waals surface area contributed by atoms with Gasteiger partial charge in [0.2, 0.25) is 0 Å². The number of rotatable bonds is 16. The number of carbonyl (C=O) groups is 2. The average molecular weight is 723 g/mol. The monoisotopic (exact) mass is 722 g/mol. The highest BCUT2D eigenvalue weighted by Crippen LogP contribution is 2.72. The van der Waals surface area contributed by atoms with E-state index in [1.54, 1.807) is 34.6 Å². The van der Waals surface area contributed by atoms with Crippen LogP contribution in [-0.2, 0) is 34.4 Å². The Morgan fingerprint density at radius 2 is 1.94 bits per heavy atom. The van der Waals surface area contributed by atoms with Crippen molar-refractivity contribution in [2.24, 2.45) is 11.3 Å². The molecule has 6 atom stereocenters. The number of aromatic nitrogens is 2. The van der Waals surface area contributed by atoms with Crippen molar-refractivity contribution in [2.45, 2.75) is 95.8 Å². The molecule has 1 aliphatic heterocycles. The maximum absolute atomic E-state index is 14.1. The molecule has 1 amide bonds. The lowest BCUT2D eigenvalue weighted by molar-refractivity contribution is -0.170. The van der Waals surface area contributed by atoms with Crippen molar-refractivity contribution in [3.63, 3.8) is 0 Å². The van der Waals surface area contributed by atoms with Crippen LogP contribution in [0, 0.1) is 11.3 Å². The number of aromatic amines is 1. The largest absolute Gasteiger partial charge is 0.447 e. The van der Waals surface area contributed by atoms with Gasteiger partial charge in [0.25, 0.3) is 5.56 Å². The van der Waals surface area contributed by atoms with Crippen molar-refractivity contribution < 1.29 is 37.8 Å². The molecule has 5 rings (SSSR count). The number of hydrogen-bond donors (Lipinski definition) is 4. The van der Waals surface area contributed by atoms with Gasteiger partial charge in [-0.3, -0.25) is 28.2 Å². The number of amides is 1. The molecule has 14 nitrogen and oxygen atoms in total. The van der Waals surface area contributed by atoms with Crippen LogP contribution in [0.5, 0.6) is 0 Å². The number of nitrogens with zero attached hydrogens (tertiary/aromatic N) is 1. The van der Waals surface area contributed by atoms with Crippen molar-refractivity contribution in [2.75, 3.05) is 25.5 Å². The maximum atomic E-state index is 14.1. The number of benzene rings is 1.